The molecule has 0 atom stereocenters. The van der Waals surface area contributed by atoms with Gasteiger partial charge in [0.2, 0.25) is 13.6 Å². The first-order valence-corrected chi connectivity index (χ1v) is 14.1. The Morgan fingerprint density at radius 2 is 1.27 bits per heavy atom. The summed E-state index contributed by atoms with van der Waals surface area (Å²) in [6.07, 6.45) is 0.431. The van der Waals surface area contributed by atoms with Gasteiger partial charge in [-0.2, -0.15) is 8.78 Å². The van der Waals surface area contributed by atoms with Crippen LogP contribution in [0.3, 0.4) is 0 Å². The van der Waals surface area contributed by atoms with Crippen LogP contribution < -0.4 is 14.2 Å². The van der Waals surface area contributed by atoms with Crippen molar-refractivity contribution in [3.63, 3.8) is 0 Å². The Labute approximate surface area is 260 Å². The maximum absolute atomic E-state index is 14.9. The third-order valence-corrected chi connectivity index (χ3v) is 6.46. The molecule has 0 aromatic heterocycles. The van der Waals surface area contributed by atoms with Gasteiger partial charge >= 0.3 is 18.0 Å². The molecule has 9 nitrogen and oxygen atoms in total. The standard InChI is InChI=1S/C34H36F2O9/c1-4-5-6-7-25-8-12-28(13-9-25)34(35,36)45-29-14-10-26(11-15-29)27-16-30(41-21-43-32(39)23(2)19-37)18-31(17-27)42-22-44-33(40)24(3)20-38/h8-18,37-38H,2-7,19-22H2,1H3. The molecule has 0 fully saturated rings. The highest BCUT2D eigenvalue weighted by Crippen LogP contribution is 2.35. The molecule has 0 saturated carbocycles. The molecule has 0 spiro atoms. The first kappa shape index (κ1) is 34.7. The summed E-state index contributed by atoms with van der Waals surface area (Å²) in [4.78, 5) is 23.5. The van der Waals surface area contributed by atoms with Crippen LogP contribution in [0.15, 0.2) is 91.0 Å². The summed E-state index contributed by atoms with van der Waals surface area (Å²) in [6.45, 7) is 6.66. The van der Waals surface area contributed by atoms with E-state index in [0.717, 1.165) is 31.2 Å². The third-order valence-electron chi connectivity index (χ3n) is 6.46. The molecule has 0 aliphatic heterocycles. The number of aliphatic hydroxyl groups is 2. The lowest BCUT2D eigenvalue weighted by Gasteiger charge is -2.19. The number of ether oxygens (including phenoxy) is 5. The van der Waals surface area contributed by atoms with Gasteiger partial charge in [0.1, 0.15) is 17.2 Å². The van der Waals surface area contributed by atoms with Crippen LogP contribution in [0.25, 0.3) is 11.1 Å². The molecule has 45 heavy (non-hydrogen) atoms. The Morgan fingerprint density at radius 3 is 1.76 bits per heavy atom. The fourth-order valence-corrected chi connectivity index (χ4v) is 3.91. The summed E-state index contributed by atoms with van der Waals surface area (Å²) in [5.74, 6) is -1.40. The summed E-state index contributed by atoms with van der Waals surface area (Å²) in [5, 5.41) is 18.0. The van der Waals surface area contributed by atoms with Crippen LogP contribution in [-0.2, 0) is 31.6 Å². The van der Waals surface area contributed by atoms with E-state index >= 15 is 0 Å². The molecular formula is C34H36F2O9. The summed E-state index contributed by atoms with van der Waals surface area (Å²) in [6, 6.07) is 16.6. The largest absolute Gasteiger partial charge is 0.457 e. The van der Waals surface area contributed by atoms with Crippen molar-refractivity contribution in [2.24, 2.45) is 0 Å². The Hall–Kier alpha value is -4.74. The SMILES string of the molecule is C=C(CO)C(=O)OCOc1cc(OCOC(=O)C(=C)CO)cc(-c2ccc(OC(F)(F)c3ccc(CCCCC)cc3)cc2)c1. The van der Waals surface area contributed by atoms with E-state index in [-0.39, 0.29) is 34.0 Å². The van der Waals surface area contributed by atoms with Crippen LogP contribution in [0.5, 0.6) is 17.2 Å². The minimum atomic E-state index is -3.56. The second-order valence-corrected chi connectivity index (χ2v) is 9.90. The number of rotatable bonds is 18. The van der Waals surface area contributed by atoms with Gasteiger partial charge < -0.3 is 33.9 Å². The topological polar surface area (TPSA) is 121 Å². The number of unbranched alkanes of at least 4 members (excludes halogenated alkanes) is 2. The number of aliphatic hydroxyl groups excluding tert-OH is 2. The van der Waals surface area contributed by atoms with Gasteiger partial charge in [0.15, 0.2) is 0 Å². The highest BCUT2D eigenvalue weighted by Gasteiger charge is 2.34. The number of carbonyl (C=O) groups is 2. The Bertz CT molecular complexity index is 1400. The van der Waals surface area contributed by atoms with Crippen LogP contribution in [0.4, 0.5) is 8.78 Å². The highest BCUT2D eigenvalue weighted by molar-refractivity contribution is 5.88. The van der Waals surface area contributed by atoms with Gasteiger partial charge in [-0.1, -0.05) is 57.2 Å². The summed E-state index contributed by atoms with van der Waals surface area (Å²) >= 11 is 0. The molecule has 0 amide bonds. The molecule has 2 N–H and O–H groups in total. The number of carbonyl (C=O) groups excluding carboxylic acids is 2. The number of esters is 2. The first-order valence-electron chi connectivity index (χ1n) is 14.1. The fraction of sp³-hybridized carbons (Fsp3) is 0.294. The van der Waals surface area contributed by atoms with Gasteiger partial charge in [0.05, 0.1) is 29.9 Å². The summed E-state index contributed by atoms with van der Waals surface area (Å²) in [7, 11) is 0. The van der Waals surface area contributed by atoms with Crippen molar-refractivity contribution in [3.05, 3.63) is 102 Å². The third kappa shape index (κ3) is 10.7. The average Bonchev–Trinajstić information content (AvgIpc) is 3.04. The molecule has 0 aliphatic rings. The number of halogens is 2. The molecule has 3 rings (SSSR count). The molecule has 0 heterocycles. The first-order chi connectivity index (χ1) is 21.6. The minimum absolute atomic E-state index is 0.0632. The molecule has 3 aromatic carbocycles. The van der Waals surface area contributed by atoms with Crippen molar-refractivity contribution in [2.45, 2.75) is 38.7 Å². The molecular weight excluding hydrogens is 590 g/mol. The molecule has 3 aromatic rings. The molecule has 0 bridgehead atoms. The van der Waals surface area contributed by atoms with Gasteiger partial charge in [-0.25, -0.2) is 9.59 Å². The van der Waals surface area contributed by atoms with Crippen molar-refractivity contribution < 1.29 is 52.3 Å². The van der Waals surface area contributed by atoms with Crippen LogP contribution in [-0.4, -0.2) is 49.0 Å². The molecule has 0 saturated heterocycles. The predicted octanol–water partition coefficient (Wildman–Crippen LogP) is 6.07. The monoisotopic (exact) mass is 626 g/mol. The zero-order valence-corrected chi connectivity index (χ0v) is 24.9. The number of hydrogen-bond acceptors (Lipinski definition) is 9. The summed E-state index contributed by atoms with van der Waals surface area (Å²) < 4.78 is 55.8. The zero-order valence-electron chi connectivity index (χ0n) is 24.9. The van der Waals surface area contributed by atoms with Crippen LogP contribution in [0.1, 0.15) is 37.3 Å². The highest BCUT2D eigenvalue weighted by atomic mass is 19.3. The molecule has 0 radical (unpaired) electrons. The number of alkyl halides is 2. The minimum Gasteiger partial charge on any atom is -0.457 e. The average molecular weight is 627 g/mol. The van der Waals surface area contributed by atoms with E-state index in [2.05, 4.69) is 20.1 Å². The molecule has 0 unspecified atom stereocenters. The van der Waals surface area contributed by atoms with Crippen molar-refractivity contribution in [1.29, 1.82) is 0 Å². The zero-order chi connectivity index (χ0) is 32.8. The summed E-state index contributed by atoms with van der Waals surface area (Å²) in [5.41, 5.74) is 1.49. The van der Waals surface area contributed by atoms with Gasteiger partial charge in [0.25, 0.3) is 0 Å². The van der Waals surface area contributed by atoms with Crippen LogP contribution >= 0.6 is 0 Å². The number of aryl methyl sites for hydroxylation is 1. The van der Waals surface area contributed by atoms with Crippen molar-refractivity contribution >= 4 is 11.9 Å². The van der Waals surface area contributed by atoms with Gasteiger partial charge in [-0.3, -0.25) is 0 Å². The van der Waals surface area contributed by atoms with E-state index < -0.39 is 44.8 Å². The predicted molar refractivity (Wildman–Crippen MR) is 162 cm³/mol. The molecule has 11 heteroatoms. The van der Waals surface area contributed by atoms with Crippen molar-refractivity contribution in [1.82, 2.24) is 0 Å². The van der Waals surface area contributed by atoms with Gasteiger partial charge in [-0.15, -0.1) is 0 Å². The van der Waals surface area contributed by atoms with Crippen molar-refractivity contribution in [3.8, 4) is 28.4 Å². The smallest absolute Gasteiger partial charge is 0.426 e. The molecule has 0 aliphatic carbocycles. The van der Waals surface area contributed by atoms with E-state index in [0.29, 0.717) is 11.1 Å². The lowest BCUT2D eigenvalue weighted by molar-refractivity contribution is -0.185. The quantitative estimate of drug-likeness (QED) is 0.0750. The maximum atomic E-state index is 14.9. The van der Waals surface area contributed by atoms with Crippen LogP contribution in [0, 0.1) is 0 Å². The Balaban J connectivity index is 1.74. The van der Waals surface area contributed by atoms with Gasteiger partial charge in [-0.05, 0) is 65.9 Å². The second kappa shape index (κ2) is 16.9. The Morgan fingerprint density at radius 1 is 0.733 bits per heavy atom. The Kier molecular flexibility index (Phi) is 13.1. The van der Waals surface area contributed by atoms with E-state index in [1.807, 2.05) is 0 Å². The van der Waals surface area contributed by atoms with Gasteiger partial charge in [0, 0.05) is 6.07 Å². The number of benzene rings is 3. The second-order valence-electron chi connectivity index (χ2n) is 9.90. The number of hydrogen-bond donors (Lipinski definition) is 2. The van der Waals surface area contributed by atoms with E-state index in [4.69, 9.17) is 33.9 Å². The fourth-order valence-electron chi connectivity index (χ4n) is 3.91. The normalized spacial score (nSPS) is 11.0. The van der Waals surface area contributed by atoms with E-state index in [9.17, 15) is 18.4 Å². The van der Waals surface area contributed by atoms with Crippen molar-refractivity contribution in [2.75, 3.05) is 26.8 Å². The maximum Gasteiger partial charge on any atom is 0.426 e. The van der Waals surface area contributed by atoms with E-state index in [1.165, 1.54) is 30.3 Å². The van der Waals surface area contributed by atoms with Crippen LogP contribution in [0.2, 0.25) is 0 Å². The lowest BCUT2D eigenvalue weighted by Crippen LogP contribution is -2.21. The molecule has 240 valence electrons. The van der Waals surface area contributed by atoms with E-state index in [1.54, 1.807) is 36.4 Å². The lowest BCUT2D eigenvalue weighted by atomic mass is 10.0.